The van der Waals surface area contributed by atoms with Crippen molar-refractivity contribution in [1.82, 2.24) is 5.32 Å². The van der Waals surface area contributed by atoms with Gasteiger partial charge in [-0.25, -0.2) is 0 Å². The lowest BCUT2D eigenvalue weighted by atomic mass is 10.1. The summed E-state index contributed by atoms with van der Waals surface area (Å²) in [5.74, 6) is 0.0664. The molecule has 2 aromatic carbocycles. The van der Waals surface area contributed by atoms with Crippen molar-refractivity contribution in [2.75, 3.05) is 11.4 Å². The molecule has 1 amide bonds. The average molecular weight is 331 g/mol. The number of benzene rings is 2. The van der Waals surface area contributed by atoms with Crippen LogP contribution in [0.5, 0.6) is 0 Å². The fourth-order valence-electron chi connectivity index (χ4n) is 2.45. The maximum absolute atomic E-state index is 12.4. The number of hydrogen-bond donors (Lipinski definition) is 1. The van der Waals surface area contributed by atoms with Crippen LogP contribution in [0.2, 0.25) is 0 Å². The molecule has 1 aliphatic heterocycles. The van der Waals surface area contributed by atoms with Gasteiger partial charge in [-0.3, -0.25) is 9.69 Å². The molecule has 3 nitrogen and oxygen atoms in total. The quantitative estimate of drug-likeness (QED) is 0.867. The summed E-state index contributed by atoms with van der Waals surface area (Å²) in [5.41, 5.74) is 4.12. The number of fused-ring (bicyclic) bond motifs is 1. The number of carbonyl (C=O) groups excluding carboxylic acids is 1. The van der Waals surface area contributed by atoms with Crippen molar-refractivity contribution in [3.05, 3.63) is 58.1 Å². The zero-order chi connectivity index (χ0) is 14.1. The Morgan fingerprint density at radius 1 is 1.15 bits per heavy atom. The molecule has 0 aliphatic carbocycles. The van der Waals surface area contributed by atoms with Crippen LogP contribution >= 0.6 is 15.9 Å². The summed E-state index contributed by atoms with van der Waals surface area (Å²) in [5, 5.41) is 3.18. The number of carbonyl (C=O) groups is 1. The van der Waals surface area contributed by atoms with E-state index in [2.05, 4.69) is 27.3 Å². The Bertz CT molecular complexity index is 669. The van der Waals surface area contributed by atoms with Gasteiger partial charge in [0.1, 0.15) is 0 Å². The highest BCUT2D eigenvalue weighted by Gasteiger charge is 2.23. The summed E-state index contributed by atoms with van der Waals surface area (Å²) < 4.78 is 1.05. The van der Waals surface area contributed by atoms with Gasteiger partial charge in [-0.2, -0.15) is 0 Å². The number of aryl methyl sites for hydroxylation is 1. The molecular weight excluding hydrogens is 316 g/mol. The molecule has 102 valence electrons. The van der Waals surface area contributed by atoms with Gasteiger partial charge in [0, 0.05) is 16.7 Å². The van der Waals surface area contributed by atoms with Crippen molar-refractivity contribution in [3.63, 3.8) is 0 Å². The number of nitrogens with one attached hydrogen (secondary N) is 1. The van der Waals surface area contributed by atoms with Gasteiger partial charge in [0.25, 0.3) is 0 Å². The largest absolute Gasteiger partial charge is 0.304 e. The molecule has 0 aromatic heterocycles. The highest BCUT2D eigenvalue weighted by atomic mass is 79.9. The van der Waals surface area contributed by atoms with Crippen molar-refractivity contribution in [2.24, 2.45) is 0 Å². The van der Waals surface area contributed by atoms with Gasteiger partial charge in [0.05, 0.1) is 12.2 Å². The number of hydrogen-bond acceptors (Lipinski definition) is 2. The van der Waals surface area contributed by atoms with E-state index in [1.807, 2.05) is 43.3 Å². The molecule has 0 radical (unpaired) electrons. The Morgan fingerprint density at radius 2 is 1.95 bits per heavy atom. The summed E-state index contributed by atoms with van der Waals surface area (Å²) in [7, 11) is 0. The molecule has 0 saturated carbocycles. The zero-order valence-electron chi connectivity index (χ0n) is 11.2. The molecule has 1 aliphatic rings. The third-order valence-electron chi connectivity index (χ3n) is 3.47. The van der Waals surface area contributed by atoms with E-state index in [0.717, 1.165) is 27.0 Å². The lowest BCUT2D eigenvalue weighted by Crippen LogP contribution is -2.31. The van der Waals surface area contributed by atoms with Crippen LogP contribution < -0.4 is 10.2 Å². The molecule has 0 fully saturated rings. The Balaban J connectivity index is 2.14. The maximum atomic E-state index is 12.4. The summed E-state index contributed by atoms with van der Waals surface area (Å²) in [6.45, 7) is 3.09. The molecule has 0 atom stereocenters. The van der Waals surface area contributed by atoms with E-state index in [1.54, 1.807) is 4.90 Å². The number of amides is 1. The van der Waals surface area contributed by atoms with Crippen molar-refractivity contribution >= 4 is 33.2 Å². The van der Waals surface area contributed by atoms with Gasteiger partial charge >= 0.3 is 0 Å². The van der Waals surface area contributed by atoms with Crippen molar-refractivity contribution in [1.29, 1.82) is 0 Å². The molecule has 3 rings (SSSR count). The van der Waals surface area contributed by atoms with E-state index < -0.39 is 0 Å². The second-order valence-corrected chi connectivity index (χ2v) is 5.75. The van der Waals surface area contributed by atoms with Crippen LogP contribution in [-0.4, -0.2) is 12.5 Å². The minimum absolute atomic E-state index is 0.0664. The Hall–Kier alpha value is -1.65. The van der Waals surface area contributed by atoms with Crippen LogP contribution in [-0.2, 0) is 11.3 Å². The first kappa shape index (κ1) is 13.3. The highest BCUT2D eigenvalue weighted by molar-refractivity contribution is 9.10. The van der Waals surface area contributed by atoms with E-state index in [-0.39, 0.29) is 5.91 Å². The van der Waals surface area contributed by atoms with Crippen LogP contribution in [0.3, 0.4) is 0 Å². The van der Waals surface area contributed by atoms with Crippen LogP contribution in [0.25, 0.3) is 0 Å². The van der Waals surface area contributed by atoms with E-state index in [4.69, 9.17) is 0 Å². The van der Waals surface area contributed by atoms with Crippen LogP contribution in [0.1, 0.15) is 11.1 Å². The van der Waals surface area contributed by atoms with Crippen LogP contribution in [0, 0.1) is 6.92 Å². The van der Waals surface area contributed by atoms with E-state index >= 15 is 0 Å². The average Bonchev–Trinajstić information content (AvgIpc) is 2.60. The van der Waals surface area contributed by atoms with E-state index in [1.165, 1.54) is 0 Å². The van der Waals surface area contributed by atoms with Crippen LogP contribution in [0.15, 0.2) is 46.9 Å². The maximum Gasteiger partial charge on any atom is 0.245 e. The number of halogens is 1. The zero-order valence-corrected chi connectivity index (χ0v) is 12.8. The Kier molecular flexibility index (Phi) is 3.59. The normalized spacial score (nSPS) is 14.9. The van der Waals surface area contributed by atoms with E-state index in [9.17, 15) is 4.79 Å². The van der Waals surface area contributed by atoms with Crippen molar-refractivity contribution in [3.8, 4) is 0 Å². The predicted octanol–water partition coefficient (Wildman–Crippen LogP) is 3.53. The molecule has 0 unspecified atom stereocenters. The molecular formula is C16H15BrN2O. The molecule has 1 heterocycles. The first-order valence-electron chi connectivity index (χ1n) is 6.54. The molecule has 4 heteroatoms. The molecule has 0 saturated heterocycles. The molecule has 0 spiro atoms. The Morgan fingerprint density at radius 3 is 2.75 bits per heavy atom. The van der Waals surface area contributed by atoms with E-state index in [0.29, 0.717) is 13.1 Å². The molecule has 1 N–H and O–H groups in total. The number of anilines is 2. The van der Waals surface area contributed by atoms with Crippen molar-refractivity contribution in [2.45, 2.75) is 13.5 Å². The van der Waals surface area contributed by atoms with Gasteiger partial charge in [-0.15, -0.1) is 0 Å². The summed E-state index contributed by atoms with van der Waals surface area (Å²) in [6, 6.07) is 14.0. The van der Waals surface area contributed by atoms with Gasteiger partial charge < -0.3 is 5.32 Å². The second-order valence-electron chi connectivity index (χ2n) is 4.89. The fraction of sp³-hybridized carbons (Fsp3) is 0.188. The SMILES string of the molecule is Cc1cc(N2C(=O)CNCc3ccccc32)ccc1Br. The third kappa shape index (κ3) is 2.37. The number of nitrogens with zero attached hydrogens (tertiary/aromatic N) is 1. The van der Waals surface area contributed by atoms with Gasteiger partial charge in [0.2, 0.25) is 5.91 Å². The molecule has 20 heavy (non-hydrogen) atoms. The molecule has 2 aromatic rings. The first-order chi connectivity index (χ1) is 9.66. The topological polar surface area (TPSA) is 32.3 Å². The second kappa shape index (κ2) is 5.38. The first-order valence-corrected chi connectivity index (χ1v) is 7.34. The summed E-state index contributed by atoms with van der Waals surface area (Å²) >= 11 is 3.50. The van der Waals surface area contributed by atoms with Crippen LogP contribution in [0.4, 0.5) is 11.4 Å². The number of rotatable bonds is 1. The minimum Gasteiger partial charge on any atom is -0.304 e. The van der Waals surface area contributed by atoms with Crippen molar-refractivity contribution < 1.29 is 4.79 Å². The van der Waals surface area contributed by atoms with Gasteiger partial charge in [0.15, 0.2) is 0 Å². The summed E-state index contributed by atoms with van der Waals surface area (Å²) in [4.78, 5) is 14.2. The summed E-state index contributed by atoms with van der Waals surface area (Å²) in [6.07, 6.45) is 0. The monoisotopic (exact) mass is 330 g/mol. The Labute approximate surface area is 126 Å². The van der Waals surface area contributed by atoms with Gasteiger partial charge in [-0.05, 0) is 42.3 Å². The van der Waals surface area contributed by atoms with Gasteiger partial charge in [-0.1, -0.05) is 34.1 Å². The highest BCUT2D eigenvalue weighted by Crippen LogP contribution is 2.32. The standard InChI is InChI=1S/C16H15BrN2O/c1-11-8-13(6-7-14(11)17)19-15-5-3-2-4-12(15)9-18-10-16(19)20/h2-8,18H,9-10H2,1H3. The smallest absolute Gasteiger partial charge is 0.245 e. The predicted molar refractivity (Wildman–Crippen MR) is 84.2 cm³/mol. The third-order valence-corrected chi connectivity index (χ3v) is 4.36. The molecule has 0 bridgehead atoms. The number of para-hydroxylation sites is 1. The minimum atomic E-state index is 0.0664. The fourth-order valence-corrected chi connectivity index (χ4v) is 2.69. The lowest BCUT2D eigenvalue weighted by molar-refractivity contribution is -0.117. The lowest BCUT2D eigenvalue weighted by Gasteiger charge is -2.23.